The number of aryl methyl sites for hydroxylation is 1. The second kappa shape index (κ2) is 8.09. The molecule has 3 aromatic rings. The lowest BCUT2D eigenvalue weighted by Gasteiger charge is -2.07. The fourth-order valence-corrected chi connectivity index (χ4v) is 3.64. The van der Waals surface area contributed by atoms with Crippen LogP contribution in [0.3, 0.4) is 0 Å². The number of allylic oxidation sites excluding steroid dienone is 1. The maximum Gasteiger partial charge on any atom is 0.236 e. The molecular weight excluding hydrogens is 354 g/mol. The number of nitrogens with zero attached hydrogens (tertiary/aromatic N) is 4. The van der Waals surface area contributed by atoms with Gasteiger partial charge < -0.3 is 5.32 Å². The first-order valence-corrected chi connectivity index (χ1v) is 9.48. The number of rotatable bonds is 7. The minimum Gasteiger partial charge on any atom is -0.301 e. The second-order valence-corrected chi connectivity index (χ2v) is 7.00. The number of hydrogen-bond donors (Lipinski definition) is 1. The van der Waals surface area contributed by atoms with E-state index in [4.69, 9.17) is 0 Å². The third kappa shape index (κ3) is 4.34. The summed E-state index contributed by atoms with van der Waals surface area (Å²) >= 11 is 2.76. The highest BCUT2D eigenvalue weighted by atomic mass is 32.2. The Kier molecular flexibility index (Phi) is 5.62. The van der Waals surface area contributed by atoms with Crippen molar-refractivity contribution in [2.24, 2.45) is 0 Å². The summed E-state index contributed by atoms with van der Waals surface area (Å²) in [5.74, 6) is 0.885. The molecule has 0 bridgehead atoms. The Bertz CT molecular complexity index is 872. The lowest BCUT2D eigenvalue weighted by atomic mass is 10.2. The van der Waals surface area contributed by atoms with Crippen molar-refractivity contribution in [1.29, 1.82) is 0 Å². The van der Waals surface area contributed by atoms with Gasteiger partial charge in [-0.25, -0.2) is 4.98 Å². The van der Waals surface area contributed by atoms with Gasteiger partial charge in [0.05, 0.1) is 11.4 Å². The molecule has 1 amide bonds. The lowest BCUT2D eigenvalue weighted by Crippen LogP contribution is -2.14. The van der Waals surface area contributed by atoms with Crippen molar-refractivity contribution in [3.05, 3.63) is 54.1 Å². The molecule has 0 saturated carbocycles. The molecule has 0 aliphatic heterocycles. The number of hydrogen-bond acceptors (Lipinski definition) is 6. The van der Waals surface area contributed by atoms with Gasteiger partial charge in [0.2, 0.25) is 5.91 Å². The summed E-state index contributed by atoms with van der Waals surface area (Å²) in [7, 11) is 0. The Morgan fingerprint density at radius 2 is 2.16 bits per heavy atom. The fraction of sp³-hybridized carbons (Fsp3) is 0.176. The van der Waals surface area contributed by atoms with E-state index in [9.17, 15) is 4.79 Å². The van der Waals surface area contributed by atoms with Crippen LogP contribution in [0.2, 0.25) is 0 Å². The molecule has 6 nitrogen and oxygen atoms in total. The average molecular weight is 371 g/mol. The number of benzene rings is 1. The molecule has 0 aliphatic rings. The molecule has 0 radical (unpaired) electrons. The largest absolute Gasteiger partial charge is 0.301 e. The van der Waals surface area contributed by atoms with Gasteiger partial charge in [0, 0.05) is 17.5 Å². The molecule has 2 aromatic heterocycles. The topological polar surface area (TPSA) is 72.7 Å². The van der Waals surface area contributed by atoms with Crippen molar-refractivity contribution < 1.29 is 4.79 Å². The standard InChI is InChI=1S/C17H17N5OS2/c1-3-9-22-15(13-7-5-4-6-8-13)20-21-17(22)25-11-14(23)19-16-18-12(2)10-24-16/h3-8,10H,1,9,11H2,2H3,(H,18,19,23). The fourth-order valence-electron chi connectivity index (χ4n) is 2.19. The van der Waals surface area contributed by atoms with E-state index in [0.717, 1.165) is 17.1 Å². The van der Waals surface area contributed by atoms with Crippen molar-refractivity contribution in [3.8, 4) is 11.4 Å². The minimum absolute atomic E-state index is 0.117. The third-order valence-electron chi connectivity index (χ3n) is 3.26. The molecule has 0 aliphatic carbocycles. The molecule has 2 heterocycles. The SMILES string of the molecule is C=CCn1c(SCC(=O)Nc2nc(C)cs2)nnc1-c1ccccc1. The molecule has 0 fully saturated rings. The summed E-state index contributed by atoms with van der Waals surface area (Å²) in [6, 6.07) is 9.83. The lowest BCUT2D eigenvalue weighted by molar-refractivity contribution is -0.113. The second-order valence-electron chi connectivity index (χ2n) is 5.20. The Balaban J connectivity index is 1.70. The van der Waals surface area contributed by atoms with Gasteiger partial charge in [0.1, 0.15) is 0 Å². The number of nitrogens with one attached hydrogen (secondary N) is 1. The Morgan fingerprint density at radius 1 is 1.36 bits per heavy atom. The van der Waals surface area contributed by atoms with Crippen molar-refractivity contribution in [2.75, 3.05) is 11.1 Å². The third-order valence-corrected chi connectivity index (χ3v) is 5.10. The van der Waals surface area contributed by atoms with Crippen LogP contribution in [-0.2, 0) is 11.3 Å². The van der Waals surface area contributed by atoms with Crippen molar-refractivity contribution in [1.82, 2.24) is 19.7 Å². The molecular formula is C17H17N5OS2. The first-order valence-electron chi connectivity index (χ1n) is 7.61. The van der Waals surface area contributed by atoms with Gasteiger partial charge in [0.15, 0.2) is 16.1 Å². The number of carbonyl (C=O) groups excluding carboxylic acids is 1. The quantitative estimate of drug-likeness (QED) is 0.507. The normalized spacial score (nSPS) is 10.6. The molecule has 1 aromatic carbocycles. The summed E-state index contributed by atoms with van der Waals surface area (Å²) in [6.07, 6.45) is 1.79. The van der Waals surface area contributed by atoms with Crippen LogP contribution >= 0.6 is 23.1 Å². The highest BCUT2D eigenvalue weighted by molar-refractivity contribution is 7.99. The van der Waals surface area contributed by atoms with Crippen LogP contribution in [-0.4, -0.2) is 31.4 Å². The highest BCUT2D eigenvalue weighted by Crippen LogP contribution is 2.24. The minimum atomic E-state index is -0.117. The zero-order chi connectivity index (χ0) is 17.6. The van der Waals surface area contributed by atoms with E-state index in [-0.39, 0.29) is 11.7 Å². The van der Waals surface area contributed by atoms with Crippen LogP contribution < -0.4 is 5.32 Å². The van der Waals surface area contributed by atoms with Gasteiger partial charge in [-0.15, -0.1) is 28.1 Å². The van der Waals surface area contributed by atoms with Gasteiger partial charge in [-0.3, -0.25) is 9.36 Å². The zero-order valence-corrected chi connectivity index (χ0v) is 15.3. The van der Waals surface area contributed by atoms with Crippen LogP contribution in [0.25, 0.3) is 11.4 Å². The molecule has 0 atom stereocenters. The van der Waals surface area contributed by atoms with Gasteiger partial charge in [-0.2, -0.15) is 0 Å². The van der Waals surface area contributed by atoms with Gasteiger partial charge in [-0.1, -0.05) is 48.2 Å². The maximum absolute atomic E-state index is 12.1. The van der Waals surface area contributed by atoms with Crippen LogP contribution in [0.1, 0.15) is 5.69 Å². The molecule has 128 valence electrons. The number of aromatic nitrogens is 4. The van der Waals surface area contributed by atoms with E-state index in [0.29, 0.717) is 16.8 Å². The van der Waals surface area contributed by atoms with Crippen LogP contribution in [0.15, 0.2) is 53.5 Å². The molecule has 3 rings (SSSR count). The van der Waals surface area contributed by atoms with E-state index in [1.165, 1.54) is 23.1 Å². The van der Waals surface area contributed by atoms with E-state index in [2.05, 4.69) is 27.1 Å². The maximum atomic E-state index is 12.1. The first-order chi connectivity index (χ1) is 12.2. The number of thioether (sulfide) groups is 1. The molecule has 25 heavy (non-hydrogen) atoms. The van der Waals surface area contributed by atoms with E-state index >= 15 is 0 Å². The Hall–Kier alpha value is -2.45. The summed E-state index contributed by atoms with van der Waals surface area (Å²) in [4.78, 5) is 16.3. The van der Waals surface area contributed by atoms with Crippen molar-refractivity contribution in [2.45, 2.75) is 18.6 Å². The number of carbonyl (C=O) groups is 1. The molecule has 0 spiro atoms. The summed E-state index contributed by atoms with van der Waals surface area (Å²) in [5.41, 5.74) is 1.87. The molecule has 8 heteroatoms. The Labute approximate surface area is 154 Å². The Morgan fingerprint density at radius 3 is 2.84 bits per heavy atom. The van der Waals surface area contributed by atoms with E-state index in [1.807, 2.05) is 47.2 Å². The van der Waals surface area contributed by atoms with Crippen LogP contribution in [0, 0.1) is 6.92 Å². The van der Waals surface area contributed by atoms with Crippen molar-refractivity contribution >= 4 is 34.1 Å². The molecule has 0 unspecified atom stereocenters. The highest BCUT2D eigenvalue weighted by Gasteiger charge is 2.15. The summed E-state index contributed by atoms with van der Waals surface area (Å²) in [5, 5.41) is 14.5. The number of thiazole rings is 1. The average Bonchev–Trinajstić information content (AvgIpc) is 3.20. The monoisotopic (exact) mass is 371 g/mol. The predicted molar refractivity (Wildman–Crippen MR) is 102 cm³/mol. The summed E-state index contributed by atoms with van der Waals surface area (Å²) < 4.78 is 1.95. The molecule has 1 N–H and O–H groups in total. The van der Waals surface area contributed by atoms with Gasteiger partial charge in [0.25, 0.3) is 0 Å². The summed E-state index contributed by atoms with van der Waals surface area (Å²) in [6.45, 7) is 6.26. The van der Waals surface area contributed by atoms with Crippen LogP contribution in [0.4, 0.5) is 5.13 Å². The molecule has 0 saturated heterocycles. The van der Waals surface area contributed by atoms with Crippen LogP contribution in [0.5, 0.6) is 0 Å². The first kappa shape index (κ1) is 17.4. The number of anilines is 1. The number of amides is 1. The van der Waals surface area contributed by atoms with E-state index < -0.39 is 0 Å². The van der Waals surface area contributed by atoms with Gasteiger partial charge >= 0.3 is 0 Å². The zero-order valence-electron chi connectivity index (χ0n) is 13.7. The van der Waals surface area contributed by atoms with Crippen molar-refractivity contribution in [3.63, 3.8) is 0 Å². The van der Waals surface area contributed by atoms with E-state index in [1.54, 1.807) is 6.08 Å². The smallest absolute Gasteiger partial charge is 0.236 e. The van der Waals surface area contributed by atoms with Gasteiger partial charge in [-0.05, 0) is 6.92 Å². The predicted octanol–water partition coefficient (Wildman–Crippen LogP) is 3.63.